The molecular weight excluding hydrogens is 543 g/mol. The molecule has 0 saturated carbocycles. The molecule has 7 nitrogen and oxygen atoms in total. The van der Waals surface area contributed by atoms with Crippen molar-refractivity contribution in [2.75, 3.05) is 13.2 Å². The van der Waals surface area contributed by atoms with Crippen molar-refractivity contribution in [1.82, 2.24) is 4.57 Å². The Bertz CT molecular complexity index is 1720. The molecular formula is C32H29FN2O5S. The maximum atomic E-state index is 14.5. The molecule has 9 heteroatoms. The van der Waals surface area contributed by atoms with Gasteiger partial charge in [0.25, 0.3) is 0 Å². The van der Waals surface area contributed by atoms with Crippen molar-refractivity contribution in [2.24, 2.45) is 0 Å². The summed E-state index contributed by atoms with van der Waals surface area (Å²) in [7, 11) is 0. The van der Waals surface area contributed by atoms with Crippen LogP contribution >= 0.6 is 11.3 Å². The Kier molecular flexibility index (Phi) is 9.15. The van der Waals surface area contributed by atoms with Crippen molar-refractivity contribution in [3.05, 3.63) is 97.6 Å². The van der Waals surface area contributed by atoms with Gasteiger partial charge in [-0.3, -0.25) is 4.79 Å². The molecule has 0 aliphatic heterocycles. The number of carbonyl (C=O) groups excluding carboxylic acids is 3. The molecule has 0 N–H and O–H groups in total. The van der Waals surface area contributed by atoms with Crippen molar-refractivity contribution >= 4 is 46.0 Å². The van der Waals surface area contributed by atoms with Crippen LogP contribution < -0.4 is 0 Å². The first-order valence-electron chi connectivity index (χ1n) is 13.1. The number of halogens is 1. The first-order valence-corrected chi connectivity index (χ1v) is 14.0. The maximum Gasteiger partial charge on any atom is 0.348 e. The number of esters is 2. The molecule has 0 radical (unpaired) electrons. The summed E-state index contributed by atoms with van der Waals surface area (Å²) >= 11 is 0.991. The number of aromatic nitrogens is 1. The summed E-state index contributed by atoms with van der Waals surface area (Å²) in [6, 6.07) is 16.1. The molecule has 0 aliphatic carbocycles. The fourth-order valence-electron chi connectivity index (χ4n) is 4.76. The summed E-state index contributed by atoms with van der Waals surface area (Å²) < 4.78 is 26.7. The number of hydrogen-bond acceptors (Lipinski definition) is 7. The van der Waals surface area contributed by atoms with E-state index in [1.807, 2.05) is 41.8 Å². The van der Waals surface area contributed by atoms with Gasteiger partial charge in [-0.2, -0.15) is 5.26 Å². The molecule has 0 spiro atoms. The number of benzene rings is 2. The Hall–Kier alpha value is -4.55. The number of Topliss-reactive ketones (excluding diaryl/α,β-unsaturated/α-hetero) is 1. The largest absolute Gasteiger partial charge is 0.462 e. The van der Waals surface area contributed by atoms with Gasteiger partial charge in [-0.1, -0.05) is 36.4 Å². The molecule has 0 saturated heterocycles. The number of allylic oxidation sites excluding steroid dienone is 1. The van der Waals surface area contributed by atoms with Crippen molar-refractivity contribution < 1.29 is 28.2 Å². The van der Waals surface area contributed by atoms with Crippen molar-refractivity contribution in [3.8, 4) is 6.07 Å². The minimum Gasteiger partial charge on any atom is -0.462 e. The maximum absolute atomic E-state index is 14.5. The molecule has 2 aromatic carbocycles. The Morgan fingerprint density at radius 1 is 1.00 bits per heavy atom. The second-order valence-corrected chi connectivity index (χ2v) is 10.4. The zero-order valence-corrected chi connectivity index (χ0v) is 24.1. The summed E-state index contributed by atoms with van der Waals surface area (Å²) in [4.78, 5) is 39.3. The molecule has 2 heterocycles. The van der Waals surface area contributed by atoms with Crippen LogP contribution in [0.5, 0.6) is 0 Å². The number of nitriles is 1. The van der Waals surface area contributed by atoms with Crippen molar-refractivity contribution in [2.45, 2.75) is 40.7 Å². The van der Waals surface area contributed by atoms with Crippen LogP contribution in [0.4, 0.5) is 4.39 Å². The van der Waals surface area contributed by atoms with Crippen LogP contribution in [0.3, 0.4) is 0 Å². The second kappa shape index (κ2) is 12.7. The Balaban J connectivity index is 1.75. The van der Waals surface area contributed by atoms with E-state index in [1.165, 1.54) is 12.1 Å². The van der Waals surface area contributed by atoms with Gasteiger partial charge in [-0.15, -0.1) is 11.3 Å². The molecule has 4 aromatic rings. The number of hydrogen-bond donors (Lipinski definition) is 0. The van der Waals surface area contributed by atoms with E-state index in [0.717, 1.165) is 27.9 Å². The highest BCUT2D eigenvalue weighted by Gasteiger charge is 2.28. The third kappa shape index (κ3) is 5.98. The van der Waals surface area contributed by atoms with E-state index in [1.54, 1.807) is 39.0 Å². The van der Waals surface area contributed by atoms with Crippen molar-refractivity contribution in [1.29, 1.82) is 5.26 Å². The molecule has 0 unspecified atom stereocenters. The quantitative estimate of drug-likeness (QED) is 0.121. The van der Waals surface area contributed by atoms with Crippen molar-refractivity contribution in [3.63, 3.8) is 0 Å². The molecule has 0 aliphatic rings. The minimum atomic E-state index is -0.644. The number of para-hydroxylation sites is 1. The van der Waals surface area contributed by atoms with E-state index in [2.05, 4.69) is 0 Å². The molecule has 2 aromatic heterocycles. The number of ketones is 1. The van der Waals surface area contributed by atoms with Gasteiger partial charge in [-0.05, 0) is 51.5 Å². The molecule has 41 heavy (non-hydrogen) atoms. The normalized spacial score (nSPS) is 11.4. The Morgan fingerprint density at radius 2 is 1.66 bits per heavy atom. The lowest BCUT2D eigenvalue weighted by Crippen LogP contribution is -2.12. The average molecular weight is 573 g/mol. The lowest BCUT2D eigenvalue weighted by Gasteiger charge is -2.09. The highest BCUT2D eigenvalue weighted by molar-refractivity contribution is 7.14. The van der Waals surface area contributed by atoms with E-state index in [-0.39, 0.29) is 48.0 Å². The monoisotopic (exact) mass is 572 g/mol. The van der Waals surface area contributed by atoms with Gasteiger partial charge < -0.3 is 14.0 Å². The summed E-state index contributed by atoms with van der Waals surface area (Å²) in [5.74, 6) is -2.07. The van der Waals surface area contributed by atoms with Gasteiger partial charge in [0.2, 0.25) is 0 Å². The van der Waals surface area contributed by atoms with Gasteiger partial charge in [0.1, 0.15) is 16.8 Å². The first-order chi connectivity index (χ1) is 19.7. The second-order valence-electron chi connectivity index (χ2n) is 9.26. The van der Waals surface area contributed by atoms with Gasteiger partial charge in [0.05, 0.1) is 30.9 Å². The summed E-state index contributed by atoms with van der Waals surface area (Å²) in [6.07, 6.45) is 1.26. The predicted octanol–water partition coefficient (Wildman–Crippen LogP) is 6.58. The molecule has 0 atom stereocenters. The van der Waals surface area contributed by atoms with E-state index < -0.39 is 17.7 Å². The molecule has 4 rings (SSSR count). The molecule has 0 bridgehead atoms. The van der Waals surface area contributed by atoms with Crippen LogP contribution in [-0.4, -0.2) is 35.5 Å². The summed E-state index contributed by atoms with van der Waals surface area (Å²) in [5.41, 5.74) is 3.19. The minimum absolute atomic E-state index is 0.111. The number of thiophene rings is 1. The third-order valence-corrected chi connectivity index (χ3v) is 8.03. The van der Waals surface area contributed by atoms with Crippen LogP contribution in [0.15, 0.2) is 54.1 Å². The number of fused-ring (bicyclic) bond motifs is 1. The lowest BCUT2D eigenvalue weighted by molar-refractivity contribution is -0.114. The fraction of sp³-hybridized carbons (Fsp3) is 0.250. The number of rotatable bonds is 10. The van der Waals surface area contributed by atoms with Crippen LogP contribution in [-0.2, 0) is 27.2 Å². The van der Waals surface area contributed by atoms with E-state index in [0.29, 0.717) is 21.6 Å². The predicted molar refractivity (Wildman–Crippen MR) is 155 cm³/mol. The summed E-state index contributed by atoms with van der Waals surface area (Å²) in [6.45, 7) is 7.36. The highest BCUT2D eigenvalue weighted by Crippen LogP contribution is 2.32. The van der Waals surface area contributed by atoms with Crippen LogP contribution in [0, 0.1) is 31.0 Å². The molecule has 210 valence electrons. The topological polar surface area (TPSA) is 98.4 Å². The Morgan fingerprint density at radius 3 is 2.34 bits per heavy atom. The van der Waals surface area contributed by atoms with Gasteiger partial charge in [0.15, 0.2) is 5.78 Å². The SMILES string of the molecule is CCOC(=O)c1sc(CC(=O)/C(C#N)=C/c2c(C)n(Cc3ccccc3F)c3ccccc23)c(C(=O)OCC)c1C. The van der Waals surface area contributed by atoms with Crippen LogP contribution in [0.1, 0.15) is 61.1 Å². The fourth-order valence-corrected chi connectivity index (χ4v) is 5.95. The van der Waals surface area contributed by atoms with E-state index in [4.69, 9.17) is 9.47 Å². The smallest absolute Gasteiger partial charge is 0.348 e. The Labute approximate surface area is 241 Å². The molecule has 0 fully saturated rings. The highest BCUT2D eigenvalue weighted by atomic mass is 32.1. The van der Waals surface area contributed by atoms with Gasteiger partial charge in [0, 0.05) is 39.0 Å². The van der Waals surface area contributed by atoms with E-state index >= 15 is 0 Å². The average Bonchev–Trinajstić information content (AvgIpc) is 3.41. The molecule has 0 amide bonds. The van der Waals surface area contributed by atoms with Gasteiger partial charge >= 0.3 is 11.9 Å². The first kappa shape index (κ1) is 29.4. The number of carbonyl (C=O) groups is 3. The zero-order chi connectivity index (χ0) is 29.7. The van der Waals surface area contributed by atoms with Crippen LogP contribution in [0.25, 0.3) is 17.0 Å². The zero-order valence-electron chi connectivity index (χ0n) is 23.2. The third-order valence-electron chi connectivity index (χ3n) is 6.76. The van der Waals surface area contributed by atoms with E-state index in [9.17, 15) is 24.0 Å². The number of nitrogens with zero attached hydrogens (tertiary/aromatic N) is 2. The number of ether oxygens (including phenoxy) is 2. The van der Waals surface area contributed by atoms with Gasteiger partial charge in [-0.25, -0.2) is 14.0 Å². The standard InChI is InChI=1S/C32H29FN2O5S/c1-5-39-31(37)29-19(3)30(32(38)40-6-2)41-28(29)16-27(36)22(17-34)15-24-20(4)35(26-14-10-8-12-23(24)26)18-21-11-7-9-13-25(21)33/h7-15H,5-6,16,18H2,1-4H3/b22-15+. The van der Waals surface area contributed by atoms with Crippen LogP contribution in [0.2, 0.25) is 0 Å². The summed E-state index contributed by atoms with van der Waals surface area (Å²) in [5, 5.41) is 10.8. The lowest BCUT2D eigenvalue weighted by atomic mass is 10.0.